The second-order valence-electron chi connectivity index (χ2n) is 9.42. The maximum absolute atomic E-state index is 12.2. The zero-order valence-electron chi connectivity index (χ0n) is 23.9. The summed E-state index contributed by atoms with van der Waals surface area (Å²) in [4.78, 5) is 35.7. The summed E-state index contributed by atoms with van der Waals surface area (Å²) in [6.45, 7) is 3.73. The third-order valence-corrected chi connectivity index (χ3v) is 6.33. The largest absolute Gasteiger partial charge is 0.449 e. The monoisotopic (exact) mass is 586 g/mol. The van der Waals surface area contributed by atoms with E-state index in [2.05, 4.69) is 40.2 Å². The van der Waals surface area contributed by atoms with Gasteiger partial charge >= 0.3 is 6.09 Å². The summed E-state index contributed by atoms with van der Waals surface area (Å²) in [5.41, 5.74) is 9.98. The van der Waals surface area contributed by atoms with Crippen molar-refractivity contribution in [2.24, 2.45) is 5.73 Å². The summed E-state index contributed by atoms with van der Waals surface area (Å²) in [7, 11) is 0. The van der Waals surface area contributed by atoms with E-state index in [1.807, 2.05) is 24.3 Å². The lowest BCUT2D eigenvalue weighted by Crippen LogP contribution is -2.33. The maximum atomic E-state index is 12.2. The molecule has 12 heteroatoms. The molecule has 3 rings (SSSR count). The lowest BCUT2D eigenvalue weighted by molar-refractivity contribution is -0.127. The Hall–Kier alpha value is -3.55. The van der Waals surface area contributed by atoms with E-state index in [1.165, 1.54) is 11.1 Å². The lowest BCUT2D eigenvalue weighted by Gasteiger charge is -2.14. The van der Waals surface area contributed by atoms with Crippen LogP contribution in [0.15, 0.2) is 48.5 Å². The molecular weight excluding hydrogens is 544 g/mol. The Morgan fingerprint density at radius 3 is 1.79 bits per heavy atom. The Labute approximate surface area is 246 Å². The number of benzene rings is 2. The fourth-order valence-electron chi connectivity index (χ4n) is 4.37. The summed E-state index contributed by atoms with van der Waals surface area (Å²) in [6.07, 6.45) is 0.0706. The van der Waals surface area contributed by atoms with E-state index in [1.54, 1.807) is 0 Å². The van der Waals surface area contributed by atoms with Gasteiger partial charge in [-0.05, 0) is 28.7 Å². The van der Waals surface area contributed by atoms with Crippen LogP contribution in [-0.4, -0.2) is 104 Å². The average molecular weight is 587 g/mol. The van der Waals surface area contributed by atoms with Gasteiger partial charge in [0.25, 0.3) is 0 Å². The van der Waals surface area contributed by atoms with Crippen molar-refractivity contribution in [1.82, 2.24) is 16.0 Å². The van der Waals surface area contributed by atoms with Gasteiger partial charge in [0, 0.05) is 32.1 Å². The molecule has 12 nitrogen and oxygen atoms in total. The van der Waals surface area contributed by atoms with Crippen molar-refractivity contribution in [3.05, 3.63) is 59.7 Å². The number of carbonyl (C=O) groups is 3. The van der Waals surface area contributed by atoms with E-state index in [0.29, 0.717) is 65.6 Å². The van der Waals surface area contributed by atoms with E-state index in [0.717, 1.165) is 11.1 Å². The second kappa shape index (κ2) is 19.5. The first kappa shape index (κ1) is 33.0. The number of hydrogen-bond donors (Lipinski definition) is 4. The van der Waals surface area contributed by atoms with Crippen LogP contribution in [0.2, 0.25) is 0 Å². The van der Waals surface area contributed by atoms with Crippen LogP contribution >= 0.6 is 0 Å². The smallest absolute Gasteiger partial charge is 0.407 e. The molecule has 3 amide bonds. The lowest BCUT2D eigenvalue weighted by atomic mass is 9.98. The molecule has 0 saturated carbocycles. The maximum Gasteiger partial charge on any atom is 0.407 e. The number of carbonyl (C=O) groups excluding carboxylic acids is 3. The number of amides is 3. The molecule has 0 bridgehead atoms. The summed E-state index contributed by atoms with van der Waals surface area (Å²) in [6, 6.07) is 16.4. The third-order valence-electron chi connectivity index (χ3n) is 6.33. The molecule has 0 saturated heterocycles. The third kappa shape index (κ3) is 11.7. The summed E-state index contributed by atoms with van der Waals surface area (Å²) in [5.74, 6) is -0.479. The summed E-state index contributed by atoms with van der Waals surface area (Å²) < 4.78 is 26.5. The normalized spacial score (nSPS) is 11.9. The molecule has 2 aromatic rings. The molecule has 0 radical (unpaired) electrons. The highest BCUT2D eigenvalue weighted by Gasteiger charge is 2.28. The van der Waals surface area contributed by atoms with Gasteiger partial charge in [0.1, 0.15) is 19.8 Å². The van der Waals surface area contributed by atoms with Gasteiger partial charge < -0.3 is 45.4 Å². The van der Waals surface area contributed by atoms with Crippen LogP contribution in [-0.2, 0) is 33.3 Å². The highest BCUT2D eigenvalue weighted by molar-refractivity contribution is 5.79. The average Bonchev–Trinajstić information content (AvgIpc) is 3.32. The molecule has 1 aliphatic carbocycles. The fraction of sp³-hybridized carbons (Fsp3) is 0.500. The first-order chi connectivity index (χ1) is 20.6. The van der Waals surface area contributed by atoms with E-state index in [-0.39, 0.29) is 44.2 Å². The quantitative estimate of drug-likeness (QED) is 0.158. The van der Waals surface area contributed by atoms with Crippen LogP contribution in [0, 0.1) is 0 Å². The zero-order chi connectivity index (χ0) is 29.8. The number of nitrogens with one attached hydrogen (secondary N) is 3. The van der Waals surface area contributed by atoms with Crippen LogP contribution in [0.1, 0.15) is 23.5 Å². The number of hydrogen-bond acceptors (Lipinski definition) is 9. The van der Waals surface area contributed by atoms with Crippen molar-refractivity contribution in [3.63, 3.8) is 0 Å². The molecule has 0 heterocycles. The van der Waals surface area contributed by atoms with Crippen LogP contribution in [0.3, 0.4) is 0 Å². The van der Waals surface area contributed by atoms with Crippen LogP contribution in [0.4, 0.5) is 4.79 Å². The van der Waals surface area contributed by atoms with Crippen LogP contribution < -0.4 is 21.7 Å². The van der Waals surface area contributed by atoms with Crippen LogP contribution in [0.5, 0.6) is 0 Å². The van der Waals surface area contributed by atoms with Gasteiger partial charge in [0.2, 0.25) is 11.8 Å². The van der Waals surface area contributed by atoms with Gasteiger partial charge in [-0.25, -0.2) is 4.79 Å². The first-order valence-corrected chi connectivity index (χ1v) is 14.2. The minimum absolute atomic E-state index is 0.0109. The number of fused-ring (bicyclic) bond motifs is 3. The molecule has 230 valence electrons. The molecule has 0 unspecified atom stereocenters. The van der Waals surface area contributed by atoms with Gasteiger partial charge in [-0.15, -0.1) is 0 Å². The van der Waals surface area contributed by atoms with E-state index < -0.39 is 6.09 Å². The van der Waals surface area contributed by atoms with Crippen molar-refractivity contribution >= 4 is 17.9 Å². The number of rotatable bonds is 21. The summed E-state index contributed by atoms with van der Waals surface area (Å²) in [5, 5.41) is 8.14. The SMILES string of the molecule is NCCOCCOCC(=O)NCCOCCOCC(=O)NCCCNC(=O)OCC1c2ccccc2-c2ccccc21. The Bertz CT molecular complexity index is 1070. The van der Waals surface area contributed by atoms with Gasteiger partial charge in [-0.3, -0.25) is 9.59 Å². The van der Waals surface area contributed by atoms with E-state index in [9.17, 15) is 14.4 Å². The van der Waals surface area contributed by atoms with Gasteiger partial charge in [-0.1, -0.05) is 48.5 Å². The standard InChI is InChI=1S/C30H42N4O8/c31-10-14-38-16-18-40-22-29(36)33-13-15-39-17-19-41-21-28(35)32-11-5-12-34-30(37)42-20-27-25-8-3-1-6-23(25)24-7-2-4-9-26(24)27/h1-4,6-9,27H,5,10-22,31H2,(H,32,35)(H,33,36)(H,34,37). The molecule has 5 N–H and O–H groups in total. The van der Waals surface area contributed by atoms with Gasteiger partial charge in [0.15, 0.2) is 0 Å². The second-order valence-corrected chi connectivity index (χ2v) is 9.42. The number of ether oxygens (including phenoxy) is 5. The number of alkyl carbamates (subject to hydrolysis) is 1. The Morgan fingerprint density at radius 2 is 1.17 bits per heavy atom. The Morgan fingerprint density at radius 1 is 0.643 bits per heavy atom. The molecule has 0 atom stereocenters. The molecule has 0 aromatic heterocycles. The van der Waals surface area contributed by atoms with Crippen LogP contribution in [0.25, 0.3) is 11.1 Å². The highest BCUT2D eigenvalue weighted by Crippen LogP contribution is 2.44. The predicted octanol–water partition coefficient (Wildman–Crippen LogP) is 1.17. The van der Waals surface area contributed by atoms with Crippen molar-refractivity contribution in [1.29, 1.82) is 0 Å². The molecule has 2 aromatic carbocycles. The molecule has 0 spiro atoms. The van der Waals surface area contributed by atoms with Crippen molar-refractivity contribution < 1.29 is 38.1 Å². The predicted molar refractivity (Wildman–Crippen MR) is 156 cm³/mol. The zero-order valence-corrected chi connectivity index (χ0v) is 23.9. The van der Waals surface area contributed by atoms with E-state index >= 15 is 0 Å². The summed E-state index contributed by atoms with van der Waals surface area (Å²) >= 11 is 0. The minimum Gasteiger partial charge on any atom is -0.449 e. The molecule has 0 aliphatic heterocycles. The van der Waals surface area contributed by atoms with Gasteiger partial charge in [-0.2, -0.15) is 0 Å². The molecule has 42 heavy (non-hydrogen) atoms. The molecule has 1 aliphatic rings. The highest BCUT2D eigenvalue weighted by atomic mass is 16.5. The molecular formula is C30H42N4O8. The molecule has 0 fully saturated rings. The van der Waals surface area contributed by atoms with Gasteiger partial charge in [0.05, 0.1) is 39.6 Å². The van der Waals surface area contributed by atoms with E-state index in [4.69, 9.17) is 29.4 Å². The minimum atomic E-state index is -0.483. The fourth-order valence-corrected chi connectivity index (χ4v) is 4.37. The van der Waals surface area contributed by atoms with Crippen molar-refractivity contribution in [2.75, 3.05) is 85.6 Å². The topological polar surface area (TPSA) is 159 Å². The Balaban J connectivity index is 1.12. The first-order valence-electron chi connectivity index (χ1n) is 14.2. The number of nitrogens with two attached hydrogens (primary N) is 1. The Kier molecular flexibility index (Phi) is 15.3. The van der Waals surface area contributed by atoms with Crippen molar-refractivity contribution in [3.8, 4) is 11.1 Å². The van der Waals surface area contributed by atoms with Crippen molar-refractivity contribution in [2.45, 2.75) is 12.3 Å².